The first-order valence-corrected chi connectivity index (χ1v) is 5.84. The van der Waals surface area contributed by atoms with E-state index >= 15 is 0 Å². The van der Waals surface area contributed by atoms with Crippen LogP contribution in [0.4, 0.5) is 13.2 Å². The molecule has 0 unspecified atom stereocenters. The number of carboxylic acids is 2. The van der Waals surface area contributed by atoms with Gasteiger partial charge in [-0.05, 0) is 19.8 Å². The van der Waals surface area contributed by atoms with Gasteiger partial charge in [-0.15, -0.1) is 0 Å². The Morgan fingerprint density at radius 2 is 1.81 bits per heavy atom. The summed E-state index contributed by atoms with van der Waals surface area (Å²) in [5, 5.41) is 18.4. The minimum absolute atomic E-state index is 0.386. The molecule has 8 nitrogen and oxygen atoms in total. The molecule has 0 rings (SSSR count). The third kappa shape index (κ3) is 14.2. The van der Waals surface area contributed by atoms with E-state index in [0.29, 0.717) is 25.3 Å². The van der Waals surface area contributed by atoms with Crippen LogP contribution >= 0.6 is 0 Å². The van der Waals surface area contributed by atoms with E-state index in [9.17, 15) is 18.0 Å². The summed E-state index contributed by atoms with van der Waals surface area (Å²) in [5.41, 5.74) is 10.7. The number of carbonyl (C=O) groups is 2. The van der Waals surface area contributed by atoms with Crippen LogP contribution in [0.2, 0.25) is 0 Å². The Balaban J connectivity index is 0. The predicted molar refractivity (Wildman–Crippen MR) is 68.7 cm³/mol. The largest absolute Gasteiger partial charge is 0.490 e. The van der Waals surface area contributed by atoms with E-state index in [1.165, 1.54) is 0 Å². The number of carboxylic acid groups (broad SMARTS) is 2. The normalized spacial score (nSPS) is 12.9. The van der Waals surface area contributed by atoms with Gasteiger partial charge < -0.3 is 27.0 Å². The molecule has 21 heavy (non-hydrogen) atoms. The Morgan fingerprint density at radius 3 is 2.14 bits per heavy atom. The number of nitrogens with two attached hydrogens (primary N) is 2. The first kappa shape index (κ1) is 21.3. The minimum atomic E-state index is -5.08. The average molecular weight is 316 g/mol. The van der Waals surface area contributed by atoms with Crippen molar-refractivity contribution in [1.82, 2.24) is 5.32 Å². The van der Waals surface area contributed by atoms with E-state index in [0.717, 1.165) is 6.54 Å². The van der Waals surface area contributed by atoms with Crippen molar-refractivity contribution in [3.05, 3.63) is 0 Å². The second-order valence-electron chi connectivity index (χ2n) is 3.69. The van der Waals surface area contributed by atoms with Gasteiger partial charge in [0.25, 0.3) is 0 Å². The van der Waals surface area contributed by atoms with Crippen molar-refractivity contribution >= 4 is 17.9 Å². The Kier molecular flexibility index (Phi) is 10.8. The van der Waals surface area contributed by atoms with Gasteiger partial charge >= 0.3 is 18.1 Å². The number of nitrogens with one attached hydrogen (secondary N) is 1. The molecule has 0 saturated heterocycles. The Hall–Kier alpha value is -2.04. The van der Waals surface area contributed by atoms with Crippen molar-refractivity contribution in [2.24, 2.45) is 16.5 Å². The van der Waals surface area contributed by atoms with Crippen molar-refractivity contribution in [1.29, 1.82) is 0 Å². The number of alkyl halides is 3. The number of hydrogen-bond donors (Lipinski definition) is 5. The number of halogens is 3. The first-order valence-electron chi connectivity index (χ1n) is 5.84. The standard InChI is InChI=1S/C8H18N4O2.C2HF3O2/c1-2-11-8(10)12-5-3-4-6(9)7(13)14;3-2(4,5)1(6)7/h6H,2-5,9H2,1H3,(H,13,14)(H3,10,11,12);(H,6,7)/t6-;/m0./s1. The highest BCUT2D eigenvalue weighted by atomic mass is 19.4. The van der Waals surface area contributed by atoms with E-state index in [1.807, 2.05) is 6.92 Å². The zero-order valence-electron chi connectivity index (χ0n) is 11.4. The van der Waals surface area contributed by atoms with Gasteiger partial charge in [0.05, 0.1) is 0 Å². The maximum absolute atomic E-state index is 10.6. The van der Waals surface area contributed by atoms with Crippen LogP contribution in [0.3, 0.4) is 0 Å². The third-order valence-electron chi connectivity index (χ3n) is 1.87. The quantitative estimate of drug-likeness (QED) is 0.257. The van der Waals surface area contributed by atoms with E-state index in [4.69, 9.17) is 26.5 Å². The minimum Gasteiger partial charge on any atom is -0.480 e. The Labute approximate surface area is 119 Å². The highest BCUT2D eigenvalue weighted by Crippen LogP contribution is 2.13. The van der Waals surface area contributed by atoms with E-state index < -0.39 is 24.2 Å². The molecule has 0 aromatic heterocycles. The zero-order valence-corrected chi connectivity index (χ0v) is 11.4. The molecule has 11 heteroatoms. The van der Waals surface area contributed by atoms with Crippen LogP contribution in [0.15, 0.2) is 4.99 Å². The number of rotatable bonds is 6. The van der Waals surface area contributed by atoms with Crippen LogP contribution in [-0.4, -0.2) is 53.4 Å². The number of aliphatic imine (C=N–C) groups is 1. The fourth-order valence-electron chi connectivity index (χ4n) is 0.871. The van der Waals surface area contributed by atoms with Crippen LogP contribution in [0.25, 0.3) is 0 Å². The maximum atomic E-state index is 10.6. The SMILES string of the molecule is CCNC(N)=NCCC[C@H](N)C(=O)O.O=C(O)C(F)(F)F. The lowest BCUT2D eigenvalue weighted by molar-refractivity contribution is -0.192. The first-order chi connectivity index (χ1) is 9.52. The van der Waals surface area contributed by atoms with Gasteiger partial charge in [-0.2, -0.15) is 13.2 Å². The Morgan fingerprint density at radius 1 is 1.33 bits per heavy atom. The van der Waals surface area contributed by atoms with Crippen molar-refractivity contribution < 1.29 is 33.0 Å². The second kappa shape index (κ2) is 10.7. The van der Waals surface area contributed by atoms with Crippen molar-refractivity contribution in [3.63, 3.8) is 0 Å². The van der Waals surface area contributed by atoms with Crippen LogP contribution in [0.1, 0.15) is 19.8 Å². The summed E-state index contributed by atoms with van der Waals surface area (Å²) in [6, 6.07) is -0.800. The predicted octanol–water partition coefficient (Wildman–Crippen LogP) is -0.264. The van der Waals surface area contributed by atoms with Gasteiger partial charge in [-0.1, -0.05) is 0 Å². The topological polar surface area (TPSA) is 151 Å². The van der Waals surface area contributed by atoms with Crippen molar-refractivity contribution in [2.75, 3.05) is 13.1 Å². The molecular weight excluding hydrogens is 297 g/mol. The van der Waals surface area contributed by atoms with Gasteiger partial charge in [-0.3, -0.25) is 9.79 Å². The molecular formula is C10H19F3N4O4. The highest BCUT2D eigenvalue weighted by Gasteiger charge is 2.38. The van der Waals surface area contributed by atoms with Gasteiger partial charge in [0.1, 0.15) is 6.04 Å². The maximum Gasteiger partial charge on any atom is 0.490 e. The third-order valence-corrected chi connectivity index (χ3v) is 1.87. The molecule has 0 heterocycles. The van der Waals surface area contributed by atoms with Crippen molar-refractivity contribution in [2.45, 2.75) is 32.0 Å². The summed E-state index contributed by atoms with van der Waals surface area (Å²) >= 11 is 0. The smallest absolute Gasteiger partial charge is 0.480 e. The summed E-state index contributed by atoms with van der Waals surface area (Å²) in [6.07, 6.45) is -4.04. The number of hydrogen-bond acceptors (Lipinski definition) is 4. The van der Waals surface area contributed by atoms with Gasteiger partial charge in [0.2, 0.25) is 0 Å². The second-order valence-corrected chi connectivity index (χ2v) is 3.69. The summed E-state index contributed by atoms with van der Waals surface area (Å²) in [4.78, 5) is 23.2. The molecule has 124 valence electrons. The van der Waals surface area contributed by atoms with Gasteiger partial charge in [-0.25, -0.2) is 4.79 Å². The summed E-state index contributed by atoms with van der Waals surface area (Å²) in [7, 11) is 0. The lowest BCUT2D eigenvalue weighted by atomic mass is 10.2. The molecule has 0 aliphatic rings. The summed E-state index contributed by atoms with van der Waals surface area (Å²) in [5.74, 6) is -3.35. The molecule has 1 atom stereocenters. The van der Waals surface area contributed by atoms with Crippen LogP contribution in [-0.2, 0) is 9.59 Å². The average Bonchev–Trinajstić information content (AvgIpc) is 2.34. The summed E-state index contributed by atoms with van der Waals surface area (Å²) in [6.45, 7) is 3.15. The van der Waals surface area contributed by atoms with E-state index in [2.05, 4.69) is 10.3 Å². The van der Waals surface area contributed by atoms with Crippen molar-refractivity contribution in [3.8, 4) is 0 Å². The molecule has 0 aliphatic heterocycles. The molecule has 0 saturated carbocycles. The van der Waals surface area contributed by atoms with E-state index in [-0.39, 0.29) is 0 Å². The zero-order chi connectivity index (χ0) is 17.1. The summed E-state index contributed by atoms with van der Waals surface area (Å²) < 4.78 is 31.7. The molecule has 0 fully saturated rings. The number of aliphatic carboxylic acids is 2. The molecule has 7 N–H and O–H groups in total. The molecule has 0 radical (unpaired) electrons. The lowest BCUT2D eigenvalue weighted by Crippen LogP contribution is -2.32. The van der Waals surface area contributed by atoms with Crippen LogP contribution in [0.5, 0.6) is 0 Å². The molecule has 0 aromatic carbocycles. The molecule has 0 amide bonds. The Bertz CT molecular complexity index is 361. The van der Waals surface area contributed by atoms with Gasteiger partial charge in [0.15, 0.2) is 5.96 Å². The fourth-order valence-corrected chi connectivity index (χ4v) is 0.871. The fraction of sp³-hybridized carbons (Fsp3) is 0.700. The molecule has 0 aliphatic carbocycles. The van der Waals surface area contributed by atoms with Gasteiger partial charge in [0, 0.05) is 13.1 Å². The van der Waals surface area contributed by atoms with Crippen LogP contribution in [0, 0.1) is 0 Å². The number of guanidine groups is 1. The monoisotopic (exact) mass is 316 g/mol. The van der Waals surface area contributed by atoms with E-state index in [1.54, 1.807) is 0 Å². The lowest BCUT2D eigenvalue weighted by Gasteiger charge is -2.04. The molecule has 0 spiro atoms. The molecule has 0 bridgehead atoms. The van der Waals surface area contributed by atoms with Crippen LogP contribution < -0.4 is 16.8 Å². The highest BCUT2D eigenvalue weighted by molar-refractivity contribution is 5.77. The number of nitrogens with zero attached hydrogens (tertiary/aromatic N) is 1. The molecule has 0 aromatic rings.